The molecule has 41 heavy (non-hydrogen) atoms. The zero-order valence-corrected chi connectivity index (χ0v) is 24.5. The molecule has 0 radical (unpaired) electrons. The molecule has 1 atom stereocenters. The summed E-state index contributed by atoms with van der Waals surface area (Å²) in [5, 5.41) is 24.2. The van der Waals surface area contributed by atoms with Gasteiger partial charge in [-0.3, -0.25) is 19.7 Å². The van der Waals surface area contributed by atoms with Crippen molar-refractivity contribution in [1.82, 2.24) is 20.1 Å². The fraction of sp³-hybridized carbons (Fsp3) is 0.360. The van der Waals surface area contributed by atoms with Crippen molar-refractivity contribution in [2.24, 2.45) is 7.05 Å². The van der Waals surface area contributed by atoms with Gasteiger partial charge in [0.05, 0.1) is 35.5 Å². The molecule has 0 saturated heterocycles. The number of thioether (sulfide) groups is 1. The fourth-order valence-electron chi connectivity index (χ4n) is 3.46. The molecule has 0 bridgehead atoms. The highest BCUT2D eigenvalue weighted by atomic mass is 32.2. The van der Waals surface area contributed by atoms with Crippen molar-refractivity contribution in [3.8, 4) is 0 Å². The van der Waals surface area contributed by atoms with E-state index in [9.17, 15) is 29.3 Å². The van der Waals surface area contributed by atoms with Gasteiger partial charge in [0.15, 0.2) is 11.0 Å². The highest BCUT2D eigenvalue weighted by Gasteiger charge is 2.29. The van der Waals surface area contributed by atoms with Gasteiger partial charge in [-0.2, -0.15) is 0 Å². The van der Waals surface area contributed by atoms with E-state index < -0.39 is 33.9 Å². The molecule has 0 spiro atoms. The van der Waals surface area contributed by atoms with E-state index in [0.29, 0.717) is 16.5 Å². The van der Waals surface area contributed by atoms with E-state index in [2.05, 4.69) is 20.8 Å². The van der Waals surface area contributed by atoms with Crippen molar-refractivity contribution in [2.75, 3.05) is 18.5 Å². The zero-order valence-electron chi connectivity index (χ0n) is 22.9. The molecule has 3 aromatic rings. The molecule has 3 rings (SSSR count). The minimum Gasteiger partial charge on any atom is -0.462 e. The maximum atomic E-state index is 13.1. The molecular formula is C25H28N6O8S2. The third-order valence-electron chi connectivity index (χ3n) is 5.65. The quantitative estimate of drug-likeness (QED) is 0.133. The molecule has 0 saturated carbocycles. The topological polar surface area (TPSA) is 185 Å². The summed E-state index contributed by atoms with van der Waals surface area (Å²) in [6.45, 7) is 6.84. The van der Waals surface area contributed by atoms with Crippen LogP contribution < -0.4 is 10.6 Å². The van der Waals surface area contributed by atoms with Gasteiger partial charge in [-0.05, 0) is 45.4 Å². The first-order valence-electron chi connectivity index (χ1n) is 12.3. The monoisotopic (exact) mass is 604 g/mol. The van der Waals surface area contributed by atoms with Crippen LogP contribution in [0.25, 0.3) is 0 Å². The molecule has 0 aliphatic carbocycles. The lowest BCUT2D eigenvalue weighted by Crippen LogP contribution is -2.25. The number of thiophene rings is 1. The number of hydrogen-bond acceptors (Lipinski definition) is 12. The Labute approximate surface area is 243 Å². The van der Waals surface area contributed by atoms with E-state index in [-0.39, 0.29) is 46.5 Å². The van der Waals surface area contributed by atoms with Crippen LogP contribution in [0.15, 0.2) is 29.4 Å². The Balaban J connectivity index is 1.68. The SMILES string of the molecule is CCOC(=O)c1sc(NC(=O)[C@@H](C)Sc2nnc(CNC(=O)c3ccc([N+](=O)[O-])cc3)n2C)c(C(=O)OCC)c1C. The van der Waals surface area contributed by atoms with Crippen molar-refractivity contribution >= 4 is 57.5 Å². The molecule has 14 nitrogen and oxygen atoms in total. The van der Waals surface area contributed by atoms with Crippen LogP contribution in [0.4, 0.5) is 10.7 Å². The number of anilines is 1. The number of hydrogen-bond donors (Lipinski definition) is 2. The Bertz CT molecular complexity index is 1470. The van der Waals surface area contributed by atoms with E-state index >= 15 is 0 Å². The van der Waals surface area contributed by atoms with Gasteiger partial charge in [-0.15, -0.1) is 21.5 Å². The first-order chi connectivity index (χ1) is 19.5. The lowest BCUT2D eigenvalue weighted by molar-refractivity contribution is -0.384. The van der Waals surface area contributed by atoms with Crippen LogP contribution in [0.5, 0.6) is 0 Å². The van der Waals surface area contributed by atoms with Gasteiger partial charge in [-0.25, -0.2) is 9.59 Å². The van der Waals surface area contributed by atoms with Gasteiger partial charge in [0, 0.05) is 24.7 Å². The maximum absolute atomic E-state index is 13.1. The van der Waals surface area contributed by atoms with E-state index in [4.69, 9.17) is 9.47 Å². The Hall–Kier alpha value is -4.31. The first-order valence-corrected chi connectivity index (χ1v) is 14.0. The Morgan fingerprint density at radius 1 is 1.10 bits per heavy atom. The number of nitro groups is 1. The number of amides is 2. The number of esters is 2. The predicted molar refractivity (Wildman–Crippen MR) is 150 cm³/mol. The predicted octanol–water partition coefficient (Wildman–Crippen LogP) is 3.50. The van der Waals surface area contributed by atoms with Crippen molar-refractivity contribution in [3.63, 3.8) is 0 Å². The summed E-state index contributed by atoms with van der Waals surface area (Å²) in [5.74, 6) is -1.76. The second kappa shape index (κ2) is 13.8. The van der Waals surface area contributed by atoms with Crippen LogP contribution >= 0.6 is 23.1 Å². The first kappa shape index (κ1) is 31.2. The molecular weight excluding hydrogens is 576 g/mol. The highest BCUT2D eigenvalue weighted by molar-refractivity contribution is 8.00. The second-order valence-corrected chi connectivity index (χ2v) is 10.7. The molecule has 1 aromatic carbocycles. The highest BCUT2D eigenvalue weighted by Crippen LogP contribution is 2.35. The minimum atomic E-state index is -0.691. The summed E-state index contributed by atoms with van der Waals surface area (Å²) in [6.07, 6.45) is 0. The van der Waals surface area contributed by atoms with Crippen LogP contribution in [-0.2, 0) is 27.9 Å². The van der Waals surface area contributed by atoms with Crippen LogP contribution in [0, 0.1) is 17.0 Å². The average molecular weight is 605 g/mol. The number of nitrogens with zero attached hydrogens (tertiary/aromatic N) is 4. The molecule has 2 aromatic heterocycles. The number of carbonyl (C=O) groups is 4. The minimum absolute atomic E-state index is 0.0223. The molecule has 0 aliphatic rings. The normalized spacial score (nSPS) is 11.4. The van der Waals surface area contributed by atoms with Gasteiger partial charge in [0.1, 0.15) is 9.88 Å². The Morgan fingerprint density at radius 3 is 2.34 bits per heavy atom. The van der Waals surface area contributed by atoms with Crippen molar-refractivity contribution in [2.45, 2.75) is 44.6 Å². The number of carbonyl (C=O) groups excluding carboxylic acids is 4. The number of aromatic nitrogens is 3. The average Bonchev–Trinajstić information content (AvgIpc) is 3.45. The second-order valence-electron chi connectivity index (χ2n) is 8.40. The van der Waals surface area contributed by atoms with Gasteiger partial charge < -0.3 is 24.7 Å². The lowest BCUT2D eigenvalue weighted by Gasteiger charge is -2.12. The van der Waals surface area contributed by atoms with Gasteiger partial charge in [-0.1, -0.05) is 11.8 Å². The number of benzene rings is 1. The number of nitrogens with one attached hydrogen (secondary N) is 2. The molecule has 2 heterocycles. The fourth-order valence-corrected chi connectivity index (χ4v) is 5.39. The van der Waals surface area contributed by atoms with Crippen LogP contribution in [0.3, 0.4) is 0 Å². The van der Waals surface area contributed by atoms with E-state index in [1.54, 1.807) is 39.3 Å². The van der Waals surface area contributed by atoms with Crippen molar-refractivity contribution in [1.29, 1.82) is 0 Å². The third kappa shape index (κ3) is 7.46. The number of non-ortho nitro benzene ring substituents is 1. The van der Waals surface area contributed by atoms with Gasteiger partial charge in [0.2, 0.25) is 5.91 Å². The molecule has 16 heteroatoms. The van der Waals surface area contributed by atoms with E-state index in [1.165, 1.54) is 24.3 Å². The summed E-state index contributed by atoms with van der Waals surface area (Å²) in [4.78, 5) is 60.9. The zero-order chi connectivity index (χ0) is 30.3. The molecule has 2 N–H and O–H groups in total. The Kier molecular flexibility index (Phi) is 10.5. The van der Waals surface area contributed by atoms with E-state index in [1.807, 2.05) is 0 Å². The van der Waals surface area contributed by atoms with E-state index in [0.717, 1.165) is 23.1 Å². The molecule has 218 valence electrons. The molecule has 2 amide bonds. The summed E-state index contributed by atoms with van der Waals surface area (Å²) in [6, 6.07) is 5.18. The van der Waals surface area contributed by atoms with Gasteiger partial charge in [0.25, 0.3) is 11.6 Å². The molecule has 0 aliphatic heterocycles. The molecule has 0 unspecified atom stereocenters. The number of rotatable bonds is 12. The number of ether oxygens (including phenoxy) is 2. The lowest BCUT2D eigenvalue weighted by atomic mass is 10.1. The van der Waals surface area contributed by atoms with Gasteiger partial charge >= 0.3 is 11.9 Å². The summed E-state index contributed by atoms with van der Waals surface area (Å²) in [5.41, 5.74) is 0.571. The standard InChI is InChI=1S/C25H28N6O8S2/c1-6-38-23(34)18-13(3)19(24(35)39-7-2)41-22(18)27-20(32)14(4)40-25-29-28-17(30(25)5)12-26-21(33)15-8-10-16(11-9-15)31(36)37/h8-11,14H,6-7,12H2,1-5H3,(H,26,33)(H,27,32)/t14-/m1/s1. The molecule has 0 fully saturated rings. The third-order valence-corrected chi connectivity index (χ3v) is 7.97. The smallest absolute Gasteiger partial charge is 0.348 e. The Morgan fingerprint density at radius 2 is 1.73 bits per heavy atom. The summed E-state index contributed by atoms with van der Waals surface area (Å²) >= 11 is 2.03. The van der Waals surface area contributed by atoms with Crippen molar-refractivity contribution in [3.05, 3.63) is 61.8 Å². The van der Waals surface area contributed by atoms with Crippen LogP contribution in [0.2, 0.25) is 0 Å². The maximum Gasteiger partial charge on any atom is 0.348 e. The largest absolute Gasteiger partial charge is 0.462 e. The van der Waals surface area contributed by atoms with Crippen molar-refractivity contribution < 1.29 is 33.6 Å². The van der Waals surface area contributed by atoms with Crippen LogP contribution in [0.1, 0.15) is 62.5 Å². The summed E-state index contributed by atoms with van der Waals surface area (Å²) in [7, 11) is 1.67. The van der Waals surface area contributed by atoms with Crippen LogP contribution in [-0.4, -0.2) is 61.9 Å². The summed E-state index contributed by atoms with van der Waals surface area (Å²) < 4.78 is 11.8. The number of nitro benzene ring substituents is 1.